The smallest absolute Gasteiger partial charge is 0.232 e. The third kappa shape index (κ3) is 2.37. The molecule has 1 N–H and O–H groups in total. The fourth-order valence-corrected chi connectivity index (χ4v) is 3.82. The molecule has 1 saturated heterocycles. The van der Waals surface area contributed by atoms with E-state index in [9.17, 15) is 9.59 Å². The van der Waals surface area contributed by atoms with E-state index in [2.05, 4.69) is 11.8 Å². The van der Waals surface area contributed by atoms with E-state index in [0.29, 0.717) is 6.54 Å². The zero-order valence-corrected chi connectivity index (χ0v) is 11.8. The van der Waals surface area contributed by atoms with Crippen LogP contribution >= 0.6 is 11.3 Å². The van der Waals surface area contributed by atoms with Gasteiger partial charge in [0, 0.05) is 16.7 Å². The summed E-state index contributed by atoms with van der Waals surface area (Å²) in [5.74, 6) is 5.49. The second-order valence-corrected chi connectivity index (χ2v) is 6.36. The van der Waals surface area contributed by atoms with Gasteiger partial charge in [0.05, 0.1) is 11.4 Å². The number of aliphatic hydroxyl groups is 1. The fourth-order valence-electron chi connectivity index (χ4n) is 2.95. The SMILES string of the molecule is O=C1C2CCC(C2)C(=O)N1Cc1ccc(C#CCO)s1. The Morgan fingerprint density at radius 1 is 1.25 bits per heavy atom. The number of fused-ring (bicyclic) bond motifs is 2. The Balaban J connectivity index is 1.75. The van der Waals surface area contributed by atoms with Crippen LogP contribution in [0.5, 0.6) is 0 Å². The van der Waals surface area contributed by atoms with Crippen LogP contribution in [0, 0.1) is 23.7 Å². The van der Waals surface area contributed by atoms with Gasteiger partial charge in [-0.25, -0.2) is 0 Å². The van der Waals surface area contributed by atoms with Crippen LogP contribution in [0.2, 0.25) is 0 Å². The minimum Gasteiger partial charge on any atom is -0.384 e. The van der Waals surface area contributed by atoms with E-state index in [-0.39, 0.29) is 30.3 Å². The molecule has 3 rings (SSSR count). The number of thiophene rings is 1. The second-order valence-electron chi connectivity index (χ2n) is 5.20. The van der Waals surface area contributed by atoms with E-state index in [0.717, 1.165) is 29.0 Å². The van der Waals surface area contributed by atoms with Gasteiger partial charge in [0.25, 0.3) is 0 Å². The topological polar surface area (TPSA) is 57.6 Å². The first-order valence-electron chi connectivity index (χ1n) is 6.72. The quantitative estimate of drug-likeness (QED) is 0.661. The lowest BCUT2D eigenvalue weighted by atomic mass is 9.97. The minimum atomic E-state index is -0.167. The van der Waals surface area contributed by atoms with Crippen LogP contribution in [-0.4, -0.2) is 28.4 Å². The molecule has 2 bridgehead atoms. The van der Waals surface area contributed by atoms with Crippen molar-refractivity contribution in [2.24, 2.45) is 11.8 Å². The van der Waals surface area contributed by atoms with Crippen molar-refractivity contribution in [2.45, 2.75) is 25.8 Å². The minimum absolute atomic E-state index is 0.0138. The second kappa shape index (κ2) is 5.39. The average Bonchev–Trinajstić information content (AvgIpc) is 3.07. The molecule has 1 aromatic rings. The molecule has 1 saturated carbocycles. The van der Waals surface area contributed by atoms with Gasteiger partial charge in [-0.2, -0.15) is 0 Å². The largest absolute Gasteiger partial charge is 0.384 e. The van der Waals surface area contributed by atoms with Crippen molar-refractivity contribution < 1.29 is 14.7 Å². The van der Waals surface area contributed by atoms with E-state index in [1.54, 1.807) is 0 Å². The van der Waals surface area contributed by atoms with Crippen molar-refractivity contribution in [3.05, 3.63) is 21.9 Å². The molecule has 2 fully saturated rings. The predicted octanol–water partition coefficient (Wildman–Crippen LogP) is 1.38. The number of carbonyl (C=O) groups excluding carboxylic acids is 2. The van der Waals surface area contributed by atoms with Crippen LogP contribution in [0.3, 0.4) is 0 Å². The van der Waals surface area contributed by atoms with Crippen LogP contribution in [-0.2, 0) is 16.1 Å². The lowest BCUT2D eigenvalue weighted by Crippen LogP contribution is -2.45. The molecule has 104 valence electrons. The lowest BCUT2D eigenvalue weighted by molar-refractivity contribution is -0.153. The summed E-state index contributed by atoms with van der Waals surface area (Å²) in [6.45, 7) is 0.190. The van der Waals surface area contributed by atoms with Crippen molar-refractivity contribution >= 4 is 23.2 Å². The third-order valence-corrected chi connectivity index (χ3v) is 4.91. The number of imide groups is 1. The van der Waals surface area contributed by atoms with Crippen molar-refractivity contribution in [3.63, 3.8) is 0 Å². The number of carbonyl (C=O) groups is 2. The zero-order chi connectivity index (χ0) is 14.1. The van der Waals surface area contributed by atoms with Gasteiger partial charge in [0.1, 0.15) is 6.61 Å². The van der Waals surface area contributed by atoms with E-state index in [1.165, 1.54) is 16.2 Å². The highest BCUT2D eigenvalue weighted by Gasteiger charge is 2.45. The van der Waals surface area contributed by atoms with Crippen molar-refractivity contribution in [2.75, 3.05) is 6.61 Å². The first kappa shape index (κ1) is 13.3. The maximum Gasteiger partial charge on any atom is 0.232 e. The van der Waals surface area contributed by atoms with Gasteiger partial charge >= 0.3 is 0 Å². The van der Waals surface area contributed by atoms with E-state index in [4.69, 9.17) is 5.11 Å². The number of amides is 2. The summed E-state index contributed by atoms with van der Waals surface area (Å²) in [5, 5.41) is 8.66. The molecule has 2 heterocycles. The molecule has 20 heavy (non-hydrogen) atoms. The Bertz CT molecular complexity index is 588. The molecule has 1 aliphatic carbocycles. The normalized spacial score (nSPS) is 24.8. The molecule has 2 aliphatic rings. The summed E-state index contributed by atoms with van der Waals surface area (Å²) < 4.78 is 0. The van der Waals surface area contributed by atoms with Crippen molar-refractivity contribution in [3.8, 4) is 11.8 Å². The first-order valence-corrected chi connectivity index (χ1v) is 7.54. The molecule has 0 radical (unpaired) electrons. The third-order valence-electron chi connectivity index (χ3n) is 3.93. The highest BCUT2D eigenvalue weighted by molar-refractivity contribution is 7.12. The monoisotopic (exact) mass is 289 g/mol. The molecule has 4 nitrogen and oxygen atoms in total. The lowest BCUT2D eigenvalue weighted by Gasteiger charge is -2.29. The highest BCUT2D eigenvalue weighted by atomic mass is 32.1. The Labute approximate surface area is 121 Å². The number of nitrogens with zero attached hydrogens (tertiary/aromatic N) is 1. The van der Waals surface area contributed by atoms with Gasteiger partial charge in [0.2, 0.25) is 11.8 Å². The number of hydrogen-bond acceptors (Lipinski definition) is 4. The number of hydrogen-bond donors (Lipinski definition) is 1. The summed E-state index contributed by atoms with van der Waals surface area (Å²) in [5.41, 5.74) is 0. The van der Waals surface area contributed by atoms with Gasteiger partial charge in [-0.1, -0.05) is 11.8 Å². The predicted molar refractivity (Wildman–Crippen MR) is 74.7 cm³/mol. The Kier molecular flexibility index (Phi) is 3.60. The number of piperidine rings is 1. The standard InChI is InChI=1S/C15H15NO3S/c17-7-1-2-12-5-6-13(20-12)9-16-14(18)10-3-4-11(8-10)15(16)19/h5-6,10-11,17H,3-4,7-9H2. The Hall–Kier alpha value is -1.64. The summed E-state index contributed by atoms with van der Waals surface area (Å²) in [4.78, 5) is 27.7. The molecule has 0 spiro atoms. The molecule has 1 aliphatic heterocycles. The van der Waals surface area contributed by atoms with E-state index in [1.807, 2.05) is 12.1 Å². The Morgan fingerprint density at radius 3 is 2.60 bits per heavy atom. The van der Waals surface area contributed by atoms with Crippen LogP contribution < -0.4 is 0 Å². The molecule has 5 heteroatoms. The van der Waals surface area contributed by atoms with Crippen LogP contribution in [0.4, 0.5) is 0 Å². The first-order chi connectivity index (χ1) is 9.69. The van der Waals surface area contributed by atoms with E-state index >= 15 is 0 Å². The van der Waals surface area contributed by atoms with Crippen LogP contribution in [0.15, 0.2) is 12.1 Å². The zero-order valence-electron chi connectivity index (χ0n) is 11.0. The molecule has 1 aromatic heterocycles. The number of rotatable bonds is 2. The summed E-state index contributed by atoms with van der Waals surface area (Å²) >= 11 is 1.46. The number of likely N-dealkylation sites (tertiary alicyclic amines) is 1. The maximum atomic E-state index is 12.2. The van der Waals surface area contributed by atoms with Crippen molar-refractivity contribution in [1.29, 1.82) is 0 Å². The molecule has 2 atom stereocenters. The van der Waals surface area contributed by atoms with Gasteiger partial charge in [-0.15, -0.1) is 11.3 Å². The van der Waals surface area contributed by atoms with Crippen LogP contribution in [0.1, 0.15) is 29.0 Å². The fraction of sp³-hybridized carbons (Fsp3) is 0.467. The number of aliphatic hydroxyl groups excluding tert-OH is 1. The van der Waals surface area contributed by atoms with Crippen LogP contribution in [0.25, 0.3) is 0 Å². The highest BCUT2D eigenvalue weighted by Crippen LogP contribution is 2.38. The van der Waals surface area contributed by atoms with Crippen molar-refractivity contribution in [1.82, 2.24) is 4.90 Å². The summed E-state index contributed by atoms with van der Waals surface area (Å²) in [7, 11) is 0. The Morgan fingerprint density at radius 2 is 1.95 bits per heavy atom. The average molecular weight is 289 g/mol. The van der Waals surface area contributed by atoms with Gasteiger partial charge in [-0.3, -0.25) is 14.5 Å². The molecule has 2 unspecified atom stereocenters. The molecular formula is C15H15NO3S. The molecular weight excluding hydrogens is 274 g/mol. The maximum absolute atomic E-state index is 12.2. The summed E-state index contributed by atoms with van der Waals surface area (Å²) in [6, 6.07) is 3.75. The summed E-state index contributed by atoms with van der Waals surface area (Å²) in [6.07, 6.45) is 2.44. The van der Waals surface area contributed by atoms with Gasteiger partial charge in [-0.05, 0) is 31.4 Å². The van der Waals surface area contributed by atoms with E-state index < -0.39 is 0 Å². The molecule has 2 amide bonds. The molecule has 0 aromatic carbocycles. The van der Waals surface area contributed by atoms with Gasteiger partial charge in [0.15, 0.2) is 0 Å². The van der Waals surface area contributed by atoms with Gasteiger partial charge < -0.3 is 5.11 Å².